The van der Waals surface area contributed by atoms with Crippen molar-refractivity contribution in [3.63, 3.8) is 0 Å². The molecule has 2 N–H and O–H groups in total. The van der Waals surface area contributed by atoms with Gasteiger partial charge in [-0.3, -0.25) is 0 Å². The predicted octanol–water partition coefficient (Wildman–Crippen LogP) is 3.19. The Balaban J connectivity index is 2.23. The van der Waals surface area contributed by atoms with Gasteiger partial charge in [0.15, 0.2) is 0 Å². The highest BCUT2D eigenvalue weighted by molar-refractivity contribution is 5.84. The van der Waals surface area contributed by atoms with Gasteiger partial charge in [-0.1, -0.05) is 42.5 Å². The highest BCUT2D eigenvalue weighted by atomic mass is 14.6. The van der Waals surface area contributed by atoms with E-state index in [0.29, 0.717) is 0 Å². The van der Waals surface area contributed by atoms with Crippen molar-refractivity contribution in [3.8, 4) is 0 Å². The number of aryl methyl sites for hydroxylation is 1. The molecule has 0 fully saturated rings. The van der Waals surface area contributed by atoms with Gasteiger partial charge < -0.3 is 5.73 Å². The fourth-order valence-corrected chi connectivity index (χ4v) is 2.54. The minimum atomic E-state index is 0.978. The SMILES string of the molecule is NC1=C2CC=CC=C2c2ccccc2CC1. The third-order valence-corrected chi connectivity index (χ3v) is 3.40. The van der Waals surface area contributed by atoms with Crippen LogP contribution in [0.15, 0.2) is 53.8 Å². The van der Waals surface area contributed by atoms with Gasteiger partial charge in [-0.25, -0.2) is 0 Å². The summed E-state index contributed by atoms with van der Waals surface area (Å²) in [6.07, 6.45) is 9.52. The molecule has 0 saturated heterocycles. The molecular weight excluding hydrogens is 194 g/mol. The van der Waals surface area contributed by atoms with E-state index in [2.05, 4.69) is 42.5 Å². The summed E-state index contributed by atoms with van der Waals surface area (Å²) in [6, 6.07) is 8.64. The van der Waals surface area contributed by atoms with Gasteiger partial charge in [0.05, 0.1) is 0 Å². The summed E-state index contributed by atoms with van der Waals surface area (Å²) in [5, 5.41) is 0. The lowest BCUT2D eigenvalue weighted by atomic mass is 9.90. The van der Waals surface area contributed by atoms with Crippen molar-refractivity contribution in [1.29, 1.82) is 0 Å². The van der Waals surface area contributed by atoms with E-state index in [1.165, 1.54) is 22.3 Å². The maximum atomic E-state index is 6.17. The van der Waals surface area contributed by atoms with Crippen molar-refractivity contribution in [2.45, 2.75) is 19.3 Å². The molecule has 1 heteroatoms. The van der Waals surface area contributed by atoms with E-state index >= 15 is 0 Å². The summed E-state index contributed by atoms with van der Waals surface area (Å²) < 4.78 is 0. The van der Waals surface area contributed by atoms with Crippen LogP contribution in [-0.2, 0) is 6.42 Å². The Hall–Kier alpha value is -1.76. The molecule has 3 rings (SSSR count). The topological polar surface area (TPSA) is 26.0 Å². The quantitative estimate of drug-likeness (QED) is 0.697. The predicted molar refractivity (Wildman–Crippen MR) is 67.7 cm³/mol. The third kappa shape index (κ3) is 1.40. The van der Waals surface area contributed by atoms with E-state index in [-0.39, 0.29) is 0 Å². The highest BCUT2D eigenvalue weighted by Crippen LogP contribution is 2.36. The number of nitrogens with two attached hydrogens (primary N) is 1. The summed E-state index contributed by atoms with van der Waals surface area (Å²) in [4.78, 5) is 0. The fraction of sp³-hybridized carbons (Fsp3) is 0.200. The molecular formula is C15H15N. The first-order valence-corrected chi connectivity index (χ1v) is 5.79. The molecule has 1 nitrogen and oxygen atoms in total. The maximum absolute atomic E-state index is 6.17. The molecule has 16 heavy (non-hydrogen) atoms. The molecule has 0 radical (unpaired) electrons. The second kappa shape index (κ2) is 3.67. The zero-order chi connectivity index (χ0) is 11.0. The first kappa shape index (κ1) is 9.46. The maximum Gasteiger partial charge on any atom is 0.0126 e. The zero-order valence-electron chi connectivity index (χ0n) is 9.24. The normalized spacial score (nSPS) is 18.6. The molecule has 0 spiro atoms. The number of allylic oxidation sites excluding steroid dienone is 6. The van der Waals surface area contributed by atoms with Crippen molar-refractivity contribution in [1.82, 2.24) is 0 Å². The van der Waals surface area contributed by atoms with Crippen LogP contribution < -0.4 is 5.73 Å². The Kier molecular flexibility index (Phi) is 2.17. The second-order valence-electron chi connectivity index (χ2n) is 4.37. The van der Waals surface area contributed by atoms with E-state index in [0.717, 1.165) is 25.0 Å². The summed E-state index contributed by atoms with van der Waals surface area (Å²) >= 11 is 0. The monoisotopic (exact) mass is 209 g/mol. The molecule has 0 unspecified atom stereocenters. The van der Waals surface area contributed by atoms with Crippen LogP contribution in [0.2, 0.25) is 0 Å². The van der Waals surface area contributed by atoms with Crippen LogP contribution in [0.4, 0.5) is 0 Å². The Morgan fingerprint density at radius 3 is 2.88 bits per heavy atom. The summed E-state index contributed by atoms with van der Waals surface area (Å²) in [7, 11) is 0. The van der Waals surface area contributed by atoms with Crippen molar-refractivity contribution < 1.29 is 0 Å². The van der Waals surface area contributed by atoms with Gasteiger partial charge >= 0.3 is 0 Å². The summed E-state index contributed by atoms with van der Waals surface area (Å²) in [5.74, 6) is 0. The number of rotatable bonds is 0. The fourth-order valence-electron chi connectivity index (χ4n) is 2.54. The lowest BCUT2D eigenvalue weighted by Gasteiger charge is -2.15. The van der Waals surface area contributed by atoms with E-state index < -0.39 is 0 Å². The molecule has 0 saturated carbocycles. The van der Waals surface area contributed by atoms with Crippen molar-refractivity contribution in [3.05, 3.63) is 64.9 Å². The minimum absolute atomic E-state index is 0.978. The molecule has 80 valence electrons. The van der Waals surface area contributed by atoms with Crippen molar-refractivity contribution >= 4 is 5.57 Å². The van der Waals surface area contributed by atoms with Crippen molar-refractivity contribution in [2.24, 2.45) is 5.73 Å². The molecule has 0 heterocycles. The van der Waals surface area contributed by atoms with Gasteiger partial charge in [-0.05, 0) is 41.5 Å². The largest absolute Gasteiger partial charge is 0.402 e. The first-order chi connectivity index (χ1) is 7.86. The average molecular weight is 209 g/mol. The molecule has 0 atom stereocenters. The lowest BCUT2D eigenvalue weighted by Crippen LogP contribution is -2.03. The van der Waals surface area contributed by atoms with Crippen LogP contribution in [-0.4, -0.2) is 0 Å². The smallest absolute Gasteiger partial charge is 0.0126 e. The van der Waals surface area contributed by atoms with Crippen LogP contribution >= 0.6 is 0 Å². The number of fused-ring (bicyclic) bond motifs is 3. The standard InChI is InChI=1S/C15H15N/c16-15-10-9-11-5-1-2-6-12(11)13-7-3-4-8-14(13)15/h1-7H,8-10,16H2. The van der Waals surface area contributed by atoms with E-state index in [4.69, 9.17) is 5.73 Å². The molecule has 0 aliphatic heterocycles. The van der Waals surface area contributed by atoms with Crippen LogP contribution in [0.5, 0.6) is 0 Å². The Labute approximate surface area is 96.0 Å². The highest BCUT2D eigenvalue weighted by Gasteiger charge is 2.18. The van der Waals surface area contributed by atoms with Crippen LogP contribution in [0.3, 0.4) is 0 Å². The second-order valence-corrected chi connectivity index (χ2v) is 4.37. The van der Waals surface area contributed by atoms with Crippen LogP contribution in [0.1, 0.15) is 24.0 Å². The molecule has 1 aromatic rings. The third-order valence-electron chi connectivity index (χ3n) is 3.40. The van der Waals surface area contributed by atoms with Gasteiger partial charge in [0.1, 0.15) is 0 Å². The van der Waals surface area contributed by atoms with Gasteiger partial charge in [-0.2, -0.15) is 0 Å². The summed E-state index contributed by atoms with van der Waals surface area (Å²) in [6.45, 7) is 0. The van der Waals surface area contributed by atoms with Crippen LogP contribution in [0, 0.1) is 0 Å². The average Bonchev–Trinajstić information content (AvgIpc) is 2.49. The van der Waals surface area contributed by atoms with Gasteiger partial charge in [-0.15, -0.1) is 0 Å². The molecule has 0 aromatic heterocycles. The molecule has 2 aliphatic carbocycles. The van der Waals surface area contributed by atoms with Gasteiger partial charge in [0, 0.05) is 5.70 Å². The number of hydrogen-bond acceptors (Lipinski definition) is 1. The van der Waals surface area contributed by atoms with E-state index in [1.807, 2.05) is 0 Å². The van der Waals surface area contributed by atoms with Gasteiger partial charge in [0.2, 0.25) is 0 Å². The van der Waals surface area contributed by atoms with E-state index in [1.54, 1.807) is 0 Å². The Morgan fingerprint density at radius 2 is 1.94 bits per heavy atom. The molecule has 0 bridgehead atoms. The first-order valence-electron chi connectivity index (χ1n) is 5.79. The molecule has 2 aliphatic rings. The zero-order valence-corrected chi connectivity index (χ0v) is 9.24. The Bertz CT molecular complexity index is 518. The Morgan fingerprint density at radius 1 is 1.06 bits per heavy atom. The van der Waals surface area contributed by atoms with E-state index in [9.17, 15) is 0 Å². The van der Waals surface area contributed by atoms with Crippen LogP contribution in [0.25, 0.3) is 5.57 Å². The molecule has 1 aromatic carbocycles. The summed E-state index contributed by atoms with van der Waals surface area (Å²) in [5.41, 5.74) is 12.7. The molecule has 0 amide bonds. The minimum Gasteiger partial charge on any atom is -0.402 e. The lowest BCUT2D eigenvalue weighted by molar-refractivity contribution is 0.919. The number of benzene rings is 1. The van der Waals surface area contributed by atoms with Crippen molar-refractivity contribution in [2.75, 3.05) is 0 Å². The van der Waals surface area contributed by atoms with Gasteiger partial charge in [0.25, 0.3) is 0 Å². The number of hydrogen-bond donors (Lipinski definition) is 1.